The molecule has 7 heteroatoms. The molecule has 162 valence electrons. The third-order valence-electron chi connectivity index (χ3n) is 5.85. The van der Waals surface area contributed by atoms with Gasteiger partial charge in [-0.1, -0.05) is 12.1 Å². The molecule has 2 aliphatic heterocycles. The zero-order chi connectivity index (χ0) is 22.0. The molecule has 1 unspecified atom stereocenters. The number of nitrogens with zero attached hydrogens (tertiary/aromatic N) is 2. The van der Waals surface area contributed by atoms with E-state index < -0.39 is 0 Å². The number of rotatable bonds is 3. The van der Waals surface area contributed by atoms with Crippen LogP contribution in [0.25, 0.3) is 0 Å². The van der Waals surface area contributed by atoms with Crippen molar-refractivity contribution in [2.45, 2.75) is 32.8 Å². The van der Waals surface area contributed by atoms with Gasteiger partial charge >= 0.3 is 6.03 Å². The van der Waals surface area contributed by atoms with Gasteiger partial charge in [0.15, 0.2) is 5.78 Å². The first kappa shape index (κ1) is 20.9. The van der Waals surface area contributed by atoms with Crippen molar-refractivity contribution in [3.8, 4) is 5.75 Å². The number of benzene rings is 2. The van der Waals surface area contributed by atoms with Gasteiger partial charge in [-0.25, -0.2) is 4.79 Å². The van der Waals surface area contributed by atoms with Crippen LogP contribution in [-0.2, 0) is 4.79 Å². The molecule has 4 rings (SSSR count). The van der Waals surface area contributed by atoms with Crippen molar-refractivity contribution >= 4 is 29.1 Å². The molecule has 0 aliphatic carbocycles. The Morgan fingerprint density at radius 3 is 2.35 bits per heavy atom. The first-order chi connectivity index (χ1) is 14.9. The summed E-state index contributed by atoms with van der Waals surface area (Å²) in [4.78, 5) is 40.8. The molecule has 1 fully saturated rings. The summed E-state index contributed by atoms with van der Waals surface area (Å²) in [6.45, 7) is 5.04. The number of piperidine rings is 1. The normalized spacial score (nSPS) is 18.7. The Morgan fingerprint density at radius 1 is 1.00 bits per heavy atom. The third kappa shape index (κ3) is 4.55. The van der Waals surface area contributed by atoms with E-state index in [0.29, 0.717) is 43.7 Å². The van der Waals surface area contributed by atoms with E-state index in [4.69, 9.17) is 4.74 Å². The van der Waals surface area contributed by atoms with Crippen LogP contribution in [0, 0.1) is 5.92 Å². The Hall–Kier alpha value is -3.35. The van der Waals surface area contributed by atoms with Crippen LogP contribution in [-0.4, -0.2) is 48.4 Å². The van der Waals surface area contributed by atoms with Crippen LogP contribution in [0.2, 0.25) is 0 Å². The Bertz CT molecular complexity index is 981. The lowest BCUT2D eigenvalue weighted by molar-refractivity contribution is -0.121. The van der Waals surface area contributed by atoms with E-state index in [2.05, 4.69) is 5.32 Å². The molecule has 3 amide bonds. The number of ketones is 1. The molecule has 7 nitrogen and oxygen atoms in total. The monoisotopic (exact) mass is 421 g/mol. The highest BCUT2D eigenvalue weighted by molar-refractivity contribution is 5.97. The van der Waals surface area contributed by atoms with Crippen LogP contribution in [0.15, 0.2) is 48.5 Å². The molecule has 0 radical (unpaired) electrons. The number of likely N-dealkylation sites (tertiary alicyclic amines) is 1. The molecule has 2 aliphatic rings. The van der Waals surface area contributed by atoms with E-state index in [0.717, 1.165) is 11.4 Å². The quantitative estimate of drug-likeness (QED) is 0.761. The number of carbonyl (C=O) groups excluding carboxylic acids is 3. The molecule has 0 aromatic heterocycles. The molecule has 1 atom stereocenters. The van der Waals surface area contributed by atoms with E-state index in [1.807, 2.05) is 36.1 Å². The summed E-state index contributed by atoms with van der Waals surface area (Å²) in [7, 11) is 0. The van der Waals surface area contributed by atoms with Gasteiger partial charge in [-0.3, -0.25) is 14.5 Å². The summed E-state index contributed by atoms with van der Waals surface area (Å²) in [6.07, 6.45) is 1.16. The summed E-state index contributed by atoms with van der Waals surface area (Å²) in [5.74, 6) is 0.521. The number of hydrogen-bond donors (Lipinski definition) is 1. The first-order valence-corrected chi connectivity index (χ1v) is 10.7. The molecule has 31 heavy (non-hydrogen) atoms. The molecular formula is C24H27N3O4. The zero-order valence-corrected chi connectivity index (χ0v) is 17.8. The minimum absolute atomic E-state index is 0.00722. The fraction of sp³-hybridized carbons (Fsp3) is 0.375. The summed E-state index contributed by atoms with van der Waals surface area (Å²) in [5.41, 5.74) is 2.08. The van der Waals surface area contributed by atoms with Crippen molar-refractivity contribution in [1.82, 2.24) is 4.90 Å². The second kappa shape index (κ2) is 8.79. The van der Waals surface area contributed by atoms with Gasteiger partial charge in [0.05, 0.1) is 12.2 Å². The van der Waals surface area contributed by atoms with Crippen LogP contribution in [0.4, 0.5) is 16.2 Å². The van der Waals surface area contributed by atoms with E-state index in [1.54, 1.807) is 29.2 Å². The number of carbonyl (C=O) groups is 3. The van der Waals surface area contributed by atoms with Crippen molar-refractivity contribution in [3.05, 3.63) is 54.1 Å². The molecule has 2 aromatic rings. The SMILES string of the molecule is CC(=O)c1ccc(NC(=O)C2CCN(C(=O)N3CC(C)Oc4ccccc43)CC2)cc1. The van der Waals surface area contributed by atoms with Gasteiger partial charge in [0.2, 0.25) is 5.91 Å². The molecule has 0 spiro atoms. The molecule has 1 N–H and O–H groups in total. The maximum atomic E-state index is 13.2. The number of urea groups is 1. The van der Waals surface area contributed by atoms with Crippen molar-refractivity contribution in [1.29, 1.82) is 0 Å². The number of anilines is 2. The van der Waals surface area contributed by atoms with Crippen molar-refractivity contribution in [2.24, 2.45) is 5.92 Å². The standard InChI is InChI=1S/C24H27N3O4/c1-16-15-27(21-5-3-4-6-22(21)31-16)24(30)26-13-11-19(12-14-26)23(29)25-20-9-7-18(8-10-20)17(2)28/h3-10,16,19H,11-15H2,1-2H3,(H,25,29). The largest absolute Gasteiger partial charge is 0.487 e. The van der Waals surface area contributed by atoms with Gasteiger partial charge in [0.25, 0.3) is 0 Å². The number of nitrogens with one attached hydrogen (secondary N) is 1. The van der Waals surface area contributed by atoms with E-state index in [-0.39, 0.29) is 29.7 Å². The third-order valence-corrected chi connectivity index (χ3v) is 5.85. The molecule has 0 saturated carbocycles. The lowest BCUT2D eigenvalue weighted by Crippen LogP contribution is -2.51. The predicted octanol–water partition coefficient (Wildman–Crippen LogP) is 3.95. The smallest absolute Gasteiger partial charge is 0.324 e. The summed E-state index contributed by atoms with van der Waals surface area (Å²) in [6, 6.07) is 14.4. The van der Waals surface area contributed by atoms with E-state index in [1.165, 1.54) is 6.92 Å². The van der Waals surface area contributed by atoms with Crippen LogP contribution in [0.3, 0.4) is 0 Å². The first-order valence-electron chi connectivity index (χ1n) is 10.7. The van der Waals surface area contributed by atoms with Gasteiger partial charge in [0, 0.05) is 30.3 Å². The maximum absolute atomic E-state index is 13.2. The van der Waals surface area contributed by atoms with E-state index in [9.17, 15) is 14.4 Å². The molecule has 2 heterocycles. The van der Waals surface area contributed by atoms with Gasteiger partial charge in [-0.2, -0.15) is 0 Å². The number of hydrogen-bond acceptors (Lipinski definition) is 4. The Morgan fingerprint density at radius 2 is 1.68 bits per heavy atom. The number of fused-ring (bicyclic) bond motifs is 1. The number of amides is 3. The van der Waals surface area contributed by atoms with Crippen LogP contribution < -0.4 is 15.0 Å². The van der Waals surface area contributed by atoms with Gasteiger partial charge in [0.1, 0.15) is 11.9 Å². The summed E-state index contributed by atoms with van der Waals surface area (Å²) >= 11 is 0. The minimum atomic E-state index is -0.146. The van der Waals surface area contributed by atoms with Gasteiger partial charge in [-0.15, -0.1) is 0 Å². The minimum Gasteiger partial charge on any atom is -0.487 e. The lowest BCUT2D eigenvalue weighted by atomic mass is 9.96. The number of ether oxygens (including phenoxy) is 1. The van der Waals surface area contributed by atoms with Crippen LogP contribution >= 0.6 is 0 Å². The maximum Gasteiger partial charge on any atom is 0.324 e. The Labute approximate surface area is 182 Å². The van der Waals surface area contributed by atoms with Crippen LogP contribution in [0.5, 0.6) is 5.75 Å². The predicted molar refractivity (Wildman–Crippen MR) is 119 cm³/mol. The average molecular weight is 421 g/mol. The molecule has 2 aromatic carbocycles. The lowest BCUT2D eigenvalue weighted by Gasteiger charge is -2.39. The fourth-order valence-electron chi connectivity index (χ4n) is 4.11. The van der Waals surface area contributed by atoms with Crippen molar-refractivity contribution < 1.29 is 19.1 Å². The highest BCUT2D eigenvalue weighted by Crippen LogP contribution is 2.34. The van der Waals surface area contributed by atoms with Crippen LogP contribution in [0.1, 0.15) is 37.0 Å². The van der Waals surface area contributed by atoms with Crippen molar-refractivity contribution in [2.75, 3.05) is 29.9 Å². The van der Waals surface area contributed by atoms with Gasteiger partial charge < -0.3 is 15.0 Å². The highest BCUT2D eigenvalue weighted by atomic mass is 16.5. The second-order valence-electron chi connectivity index (χ2n) is 8.17. The number of Topliss-reactive ketones (excluding diaryl/α,β-unsaturated/α-hetero) is 1. The van der Waals surface area contributed by atoms with Crippen molar-refractivity contribution in [3.63, 3.8) is 0 Å². The molecular weight excluding hydrogens is 394 g/mol. The van der Waals surface area contributed by atoms with Gasteiger partial charge in [-0.05, 0) is 63.1 Å². The highest BCUT2D eigenvalue weighted by Gasteiger charge is 2.33. The zero-order valence-electron chi connectivity index (χ0n) is 17.8. The molecule has 1 saturated heterocycles. The fourth-order valence-corrected chi connectivity index (χ4v) is 4.11. The topological polar surface area (TPSA) is 79.0 Å². The second-order valence-corrected chi connectivity index (χ2v) is 8.17. The average Bonchev–Trinajstić information content (AvgIpc) is 2.78. The number of para-hydroxylation sites is 2. The Kier molecular flexibility index (Phi) is 5.93. The summed E-state index contributed by atoms with van der Waals surface area (Å²) in [5, 5.41) is 2.92. The molecule has 0 bridgehead atoms. The van der Waals surface area contributed by atoms with E-state index >= 15 is 0 Å². The summed E-state index contributed by atoms with van der Waals surface area (Å²) < 4.78 is 5.84. The Balaban J connectivity index is 1.35.